The molecule has 0 aliphatic rings. The van der Waals surface area contributed by atoms with E-state index in [9.17, 15) is 0 Å². The smallest absolute Gasteiger partial charge is 0.0618 e. The van der Waals surface area contributed by atoms with E-state index in [2.05, 4.69) is 106 Å². The lowest BCUT2D eigenvalue weighted by Gasteiger charge is -2.14. The van der Waals surface area contributed by atoms with Crippen LogP contribution in [0.1, 0.15) is 66.1 Å². The summed E-state index contributed by atoms with van der Waals surface area (Å²) in [5.74, 6) is 0. The van der Waals surface area contributed by atoms with Crippen LogP contribution in [0.4, 0.5) is 5.69 Å². The van der Waals surface area contributed by atoms with Gasteiger partial charge in [-0.2, -0.15) is 4.37 Å². The number of aryl methyl sites for hydroxylation is 2. The molecule has 34 heavy (non-hydrogen) atoms. The Balaban J connectivity index is 0. The van der Waals surface area contributed by atoms with Gasteiger partial charge in [-0.05, 0) is 61.5 Å². The van der Waals surface area contributed by atoms with Crippen LogP contribution in [-0.4, -0.2) is 18.5 Å². The Kier molecular flexibility index (Phi) is 20.6. The Morgan fingerprint density at radius 2 is 1.53 bits per heavy atom. The van der Waals surface area contributed by atoms with Gasteiger partial charge in [-0.15, -0.1) is 0 Å². The molecule has 0 fully saturated rings. The number of anilines is 1. The molecule has 0 amide bonds. The SMILES string of the molecule is C=C/C=C(\C)C(=C)CC.CC.CC.CCc1nsc2ccccc12.Cc1ccccc1N(C)C. The Labute approximate surface area is 214 Å². The molecule has 0 N–H and O–H groups in total. The molecule has 2 nitrogen and oxygen atoms in total. The highest BCUT2D eigenvalue weighted by Gasteiger charge is 2.01. The lowest BCUT2D eigenvalue weighted by atomic mass is 10.1. The summed E-state index contributed by atoms with van der Waals surface area (Å²) in [7, 11) is 4.12. The molecule has 0 aliphatic carbocycles. The summed E-state index contributed by atoms with van der Waals surface area (Å²) in [6, 6.07) is 16.7. The van der Waals surface area contributed by atoms with Crippen molar-refractivity contribution >= 4 is 27.3 Å². The maximum Gasteiger partial charge on any atom is 0.0618 e. The first-order chi connectivity index (χ1) is 16.3. The average molecular weight is 481 g/mol. The summed E-state index contributed by atoms with van der Waals surface area (Å²) in [6.45, 7) is 23.9. The summed E-state index contributed by atoms with van der Waals surface area (Å²) in [4.78, 5) is 2.12. The quantitative estimate of drug-likeness (QED) is 0.338. The summed E-state index contributed by atoms with van der Waals surface area (Å²) < 4.78 is 5.65. The monoisotopic (exact) mass is 480 g/mol. The third kappa shape index (κ3) is 12.6. The van der Waals surface area contributed by atoms with E-state index in [1.165, 1.54) is 38.2 Å². The molecule has 0 saturated heterocycles. The molecule has 0 spiro atoms. The number of rotatable bonds is 5. The fourth-order valence-corrected chi connectivity index (χ4v) is 3.69. The van der Waals surface area contributed by atoms with Crippen LogP contribution < -0.4 is 4.90 Å². The Bertz CT molecular complexity index is 964. The van der Waals surface area contributed by atoms with E-state index in [0.29, 0.717) is 0 Å². The molecule has 188 valence electrons. The molecular weight excluding hydrogens is 432 g/mol. The van der Waals surface area contributed by atoms with Crippen LogP contribution in [0.2, 0.25) is 0 Å². The van der Waals surface area contributed by atoms with Crippen LogP contribution in [0.15, 0.2) is 85.0 Å². The maximum atomic E-state index is 4.36. The van der Waals surface area contributed by atoms with E-state index < -0.39 is 0 Å². The van der Waals surface area contributed by atoms with Crippen LogP contribution in [-0.2, 0) is 6.42 Å². The zero-order valence-corrected chi connectivity index (χ0v) is 24.2. The lowest BCUT2D eigenvalue weighted by molar-refractivity contribution is 1.10. The van der Waals surface area contributed by atoms with Crippen molar-refractivity contribution in [2.75, 3.05) is 19.0 Å². The highest BCUT2D eigenvalue weighted by Crippen LogP contribution is 2.22. The van der Waals surface area contributed by atoms with Crippen molar-refractivity contribution in [2.24, 2.45) is 0 Å². The van der Waals surface area contributed by atoms with Gasteiger partial charge in [0.05, 0.1) is 10.4 Å². The van der Waals surface area contributed by atoms with Gasteiger partial charge in [0.25, 0.3) is 0 Å². The lowest BCUT2D eigenvalue weighted by Crippen LogP contribution is -2.09. The number of allylic oxidation sites excluding steroid dienone is 4. The van der Waals surface area contributed by atoms with E-state index >= 15 is 0 Å². The van der Waals surface area contributed by atoms with Crippen molar-refractivity contribution in [3.8, 4) is 0 Å². The topological polar surface area (TPSA) is 16.1 Å². The Morgan fingerprint density at radius 1 is 0.971 bits per heavy atom. The van der Waals surface area contributed by atoms with Crippen molar-refractivity contribution in [1.82, 2.24) is 4.37 Å². The molecule has 3 rings (SSSR count). The fourth-order valence-electron chi connectivity index (χ4n) is 2.83. The second-order valence-corrected chi connectivity index (χ2v) is 8.01. The highest BCUT2D eigenvalue weighted by atomic mass is 32.1. The van der Waals surface area contributed by atoms with Gasteiger partial charge in [0, 0.05) is 25.2 Å². The zero-order chi connectivity index (χ0) is 26.5. The second-order valence-electron chi connectivity index (χ2n) is 7.20. The minimum absolute atomic E-state index is 1.02. The Hall–Kier alpha value is -2.65. The molecule has 0 radical (unpaired) electrons. The summed E-state index contributed by atoms with van der Waals surface area (Å²) in [6.07, 6.45) is 5.82. The van der Waals surface area contributed by atoms with E-state index in [4.69, 9.17) is 0 Å². The van der Waals surface area contributed by atoms with Crippen LogP contribution in [0.25, 0.3) is 10.1 Å². The molecule has 0 aliphatic heterocycles. The summed E-state index contributed by atoms with van der Waals surface area (Å²) in [5.41, 5.74) is 6.27. The third-order valence-electron chi connectivity index (χ3n) is 4.74. The first-order valence-electron chi connectivity index (χ1n) is 12.4. The van der Waals surface area contributed by atoms with Gasteiger partial charge in [0.1, 0.15) is 0 Å². The summed E-state index contributed by atoms with van der Waals surface area (Å²) >= 11 is 1.59. The zero-order valence-electron chi connectivity index (χ0n) is 23.4. The van der Waals surface area contributed by atoms with Gasteiger partial charge >= 0.3 is 0 Å². The molecule has 0 saturated carbocycles. The first-order valence-corrected chi connectivity index (χ1v) is 13.2. The number of nitrogens with zero attached hydrogens (tertiary/aromatic N) is 2. The van der Waals surface area contributed by atoms with Crippen molar-refractivity contribution in [3.63, 3.8) is 0 Å². The molecule has 2 aromatic carbocycles. The van der Waals surface area contributed by atoms with Gasteiger partial charge < -0.3 is 4.90 Å². The van der Waals surface area contributed by atoms with Crippen molar-refractivity contribution in [2.45, 2.75) is 68.2 Å². The molecule has 1 heterocycles. The molecule has 3 heteroatoms. The van der Waals surface area contributed by atoms with E-state index in [-0.39, 0.29) is 0 Å². The Morgan fingerprint density at radius 3 is 2.00 bits per heavy atom. The second kappa shape index (κ2) is 20.9. The predicted molar refractivity (Wildman–Crippen MR) is 161 cm³/mol. The van der Waals surface area contributed by atoms with Gasteiger partial charge in [0.2, 0.25) is 0 Å². The summed E-state index contributed by atoms with van der Waals surface area (Å²) in [5, 5.41) is 1.32. The van der Waals surface area contributed by atoms with E-state index in [0.717, 1.165) is 12.8 Å². The van der Waals surface area contributed by atoms with E-state index in [1.54, 1.807) is 17.6 Å². The third-order valence-corrected chi connectivity index (χ3v) is 5.60. The number of hydrogen-bond donors (Lipinski definition) is 0. The normalized spacial score (nSPS) is 9.53. The van der Waals surface area contributed by atoms with Crippen molar-refractivity contribution < 1.29 is 0 Å². The number of hydrogen-bond acceptors (Lipinski definition) is 3. The van der Waals surface area contributed by atoms with Gasteiger partial charge in [-0.3, -0.25) is 0 Å². The first kappa shape index (κ1) is 33.5. The molecular formula is C31H48N2S. The fraction of sp³-hybridized carbons (Fsp3) is 0.387. The van der Waals surface area contributed by atoms with Gasteiger partial charge in [-0.25, -0.2) is 0 Å². The predicted octanol–water partition coefficient (Wildman–Crippen LogP) is 10.1. The van der Waals surface area contributed by atoms with Crippen LogP contribution in [0.5, 0.6) is 0 Å². The van der Waals surface area contributed by atoms with Gasteiger partial charge in [-0.1, -0.05) is 109 Å². The number of fused-ring (bicyclic) bond motifs is 1. The van der Waals surface area contributed by atoms with Crippen LogP contribution in [0, 0.1) is 6.92 Å². The van der Waals surface area contributed by atoms with E-state index in [1.807, 2.05) is 40.7 Å². The molecule has 0 unspecified atom stereocenters. The van der Waals surface area contributed by atoms with Crippen LogP contribution >= 0.6 is 11.5 Å². The maximum absolute atomic E-state index is 4.36. The highest BCUT2D eigenvalue weighted by molar-refractivity contribution is 7.13. The number of aromatic nitrogens is 1. The molecule has 0 atom stereocenters. The van der Waals surface area contributed by atoms with Crippen molar-refractivity contribution in [3.05, 3.63) is 96.2 Å². The molecule has 3 aromatic rings. The van der Waals surface area contributed by atoms with Crippen molar-refractivity contribution in [1.29, 1.82) is 0 Å². The number of para-hydroxylation sites is 1. The number of benzene rings is 2. The largest absolute Gasteiger partial charge is 0.377 e. The van der Waals surface area contributed by atoms with Gasteiger partial charge in [0.15, 0.2) is 0 Å². The molecule has 1 aromatic heterocycles. The molecule has 0 bridgehead atoms. The standard InChI is InChI=1S/C9H9NS.C9H13N.C9H14.2C2H6/c1-2-8-7-5-3-4-6-9(7)11-10-8;1-8-6-4-5-7-9(8)10(2)3;1-5-7-9(4)8(3)6-2;2*1-2/h3-6H,2H2,1H3;4-7H,1-3H3;5,7H,1,3,6H2,2,4H3;2*1-2H3/b;;9-7+;;. The van der Waals surface area contributed by atoms with Crippen LogP contribution in [0.3, 0.4) is 0 Å². The minimum atomic E-state index is 1.02. The average Bonchev–Trinajstić information content (AvgIpc) is 3.30. The minimum Gasteiger partial charge on any atom is -0.377 e.